The van der Waals surface area contributed by atoms with Crippen molar-refractivity contribution in [2.24, 2.45) is 9.98 Å². The van der Waals surface area contributed by atoms with Gasteiger partial charge >= 0.3 is 6.18 Å². The van der Waals surface area contributed by atoms with Crippen molar-refractivity contribution in [1.29, 1.82) is 0 Å². The molecular formula is C7H5F3N2O2S. The minimum Gasteiger partial charge on any atom is -0.289 e. The zero-order valence-corrected chi connectivity index (χ0v) is 8.06. The highest BCUT2D eigenvalue weighted by Gasteiger charge is 2.38. The first-order valence-electron chi connectivity index (χ1n) is 3.76. The molecule has 0 saturated heterocycles. The number of thioether (sulfide) groups is 1. The topological polar surface area (TPSA) is 58.9 Å². The highest BCUT2D eigenvalue weighted by Crippen LogP contribution is 2.20. The van der Waals surface area contributed by atoms with Crippen LogP contribution in [0.2, 0.25) is 0 Å². The monoisotopic (exact) mass is 238 g/mol. The molecule has 1 rings (SSSR count). The van der Waals surface area contributed by atoms with Gasteiger partial charge in [-0.3, -0.25) is 9.59 Å². The molecule has 1 aliphatic heterocycles. The predicted octanol–water partition coefficient (Wildman–Crippen LogP) is 1.21. The largest absolute Gasteiger partial charge is 0.450 e. The standard InChI is InChI=1S/C7H5F3N2O2S/c8-7(9,10)4(13)3-15-6-11-2-1-5(14)12-6/h2H,1,3H2. The van der Waals surface area contributed by atoms with E-state index in [2.05, 4.69) is 9.98 Å². The van der Waals surface area contributed by atoms with Crippen molar-refractivity contribution in [2.75, 3.05) is 5.75 Å². The lowest BCUT2D eigenvalue weighted by molar-refractivity contribution is -0.167. The van der Waals surface area contributed by atoms with Crippen LogP contribution in [0.4, 0.5) is 13.2 Å². The second-order valence-electron chi connectivity index (χ2n) is 2.51. The number of carbonyl (C=O) groups excluding carboxylic acids is 2. The Balaban J connectivity index is 2.48. The summed E-state index contributed by atoms with van der Waals surface area (Å²) < 4.78 is 35.3. The van der Waals surface area contributed by atoms with E-state index in [1.165, 1.54) is 6.21 Å². The van der Waals surface area contributed by atoms with E-state index in [0.29, 0.717) is 11.8 Å². The number of carbonyl (C=O) groups is 2. The molecule has 0 bridgehead atoms. The fourth-order valence-electron chi connectivity index (χ4n) is 0.664. The zero-order valence-electron chi connectivity index (χ0n) is 7.24. The first-order chi connectivity index (χ1) is 6.89. The number of amidine groups is 1. The molecule has 0 aromatic carbocycles. The molecule has 4 nitrogen and oxygen atoms in total. The fraction of sp³-hybridized carbons (Fsp3) is 0.429. The number of nitrogens with zero attached hydrogens (tertiary/aromatic N) is 2. The number of hydrogen-bond donors (Lipinski definition) is 0. The van der Waals surface area contributed by atoms with Gasteiger partial charge in [0.2, 0.25) is 5.78 Å². The van der Waals surface area contributed by atoms with Crippen LogP contribution in [0.5, 0.6) is 0 Å². The highest BCUT2D eigenvalue weighted by atomic mass is 32.2. The maximum atomic E-state index is 11.8. The molecule has 1 aliphatic rings. The molecule has 0 spiro atoms. The van der Waals surface area contributed by atoms with E-state index >= 15 is 0 Å². The molecule has 15 heavy (non-hydrogen) atoms. The number of rotatable bonds is 2. The van der Waals surface area contributed by atoms with Gasteiger partial charge in [0.05, 0.1) is 12.2 Å². The van der Waals surface area contributed by atoms with Gasteiger partial charge in [0.25, 0.3) is 5.91 Å². The Hall–Kier alpha value is -1.18. The van der Waals surface area contributed by atoms with Crippen LogP contribution in [-0.2, 0) is 9.59 Å². The van der Waals surface area contributed by atoms with Crippen LogP contribution in [0, 0.1) is 0 Å². The Bertz CT molecular complexity index is 349. The van der Waals surface area contributed by atoms with Crippen LogP contribution in [0.15, 0.2) is 9.98 Å². The molecule has 0 aromatic heterocycles. The van der Waals surface area contributed by atoms with Gasteiger partial charge in [0, 0.05) is 6.21 Å². The molecular weight excluding hydrogens is 233 g/mol. The predicted molar refractivity (Wildman–Crippen MR) is 49.1 cm³/mol. The summed E-state index contributed by atoms with van der Waals surface area (Å²) in [7, 11) is 0. The van der Waals surface area contributed by atoms with Gasteiger partial charge < -0.3 is 0 Å². The number of alkyl halides is 3. The molecule has 0 fully saturated rings. The van der Waals surface area contributed by atoms with Gasteiger partial charge in [-0.1, -0.05) is 11.8 Å². The Morgan fingerprint density at radius 3 is 2.73 bits per heavy atom. The van der Waals surface area contributed by atoms with Crippen LogP contribution in [0.25, 0.3) is 0 Å². The average Bonchev–Trinajstić information content (AvgIpc) is 2.12. The molecule has 0 radical (unpaired) electrons. The number of Topliss-reactive ketones (excluding diaryl/α,β-unsaturated/α-hetero) is 1. The van der Waals surface area contributed by atoms with E-state index in [4.69, 9.17) is 0 Å². The summed E-state index contributed by atoms with van der Waals surface area (Å²) in [5, 5.41) is -0.108. The minimum absolute atomic E-state index is 0.0390. The summed E-state index contributed by atoms with van der Waals surface area (Å²) in [6, 6.07) is 0. The number of ketones is 1. The third-order valence-corrected chi connectivity index (χ3v) is 2.20. The number of halogens is 3. The van der Waals surface area contributed by atoms with E-state index in [1.54, 1.807) is 0 Å². The number of amides is 1. The van der Waals surface area contributed by atoms with E-state index in [-0.39, 0.29) is 11.6 Å². The van der Waals surface area contributed by atoms with Gasteiger partial charge in [0.15, 0.2) is 5.17 Å². The van der Waals surface area contributed by atoms with E-state index in [0.717, 1.165) is 0 Å². The van der Waals surface area contributed by atoms with Crippen LogP contribution in [0.3, 0.4) is 0 Å². The van der Waals surface area contributed by atoms with Crippen molar-refractivity contribution < 1.29 is 22.8 Å². The maximum absolute atomic E-state index is 11.8. The Morgan fingerprint density at radius 1 is 1.53 bits per heavy atom. The summed E-state index contributed by atoms with van der Waals surface area (Å²) in [4.78, 5) is 28.1. The van der Waals surface area contributed by atoms with Crippen LogP contribution in [-0.4, -0.2) is 35.0 Å². The molecule has 0 aromatic rings. The lowest BCUT2D eigenvalue weighted by Gasteiger charge is -2.05. The summed E-state index contributed by atoms with van der Waals surface area (Å²) in [6.07, 6.45) is -3.57. The van der Waals surface area contributed by atoms with Gasteiger partial charge in [0.1, 0.15) is 0 Å². The lowest BCUT2D eigenvalue weighted by Crippen LogP contribution is -2.25. The molecule has 82 valence electrons. The van der Waals surface area contributed by atoms with Crippen molar-refractivity contribution in [1.82, 2.24) is 0 Å². The first kappa shape index (κ1) is 11.9. The van der Waals surface area contributed by atoms with Gasteiger partial charge in [-0.2, -0.15) is 18.2 Å². The molecule has 0 unspecified atom stereocenters. The SMILES string of the molecule is O=C1CC=NC(SCC(=O)C(F)(F)F)=N1. The summed E-state index contributed by atoms with van der Waals surface area (Å²) >= 11 is 0.498. The number of aliphatic imine (C=N–C) groups is 2. The van der Waals surface area contributed by atoms with Gasteiger partial charge in [-0.25, -0.2) is 4.99 Å². The third kappa shape index (κ3) is 3.82. The normalized spacial score (nSPS) is 16.5. The molecule has 8 heteroatoms. The second-order valence-corrected chi connectivity index (χ2v) is 3.46. The smallest absolute Gasteiger partial charge is 0.289 e. The Labute approximate surface area is 86.7 Å². The number of hydrogen-bond acceptors (Lipinski definition) is 4. The van der Waals surface area contributed by atoms with Crippen LogP contribution < -0.4 is 0 Å². The van der Waals surface area contributed by atoms with E-state index in [1.807, 2.05) is 0 Å². The second kappa shape index (κ2) is 4.56. The van der Waals surface area contributed by atoms with Crippen molar-refractivity contribution >= 4 is 34.8 Å². The molecule has 0 atom stereocenters. The van der Waals surface area contributed by atoms with Crippen molar-refractivity contribution in [3.8, 4) is 0 Å². The molecule has 1 amide bonds. The maximum Gasteiger partial charge on any atom is 0.450 e. The van der Waals surface area contributed by atoms with Crippen LogP contribution >= 0.6 is 11.8 Å². The van der Waals surface area contributed by atoms with Gasteiger partial charge in [-0.05, 0) is 0 Å². The summed E-state index contributed by atoms with van der Waals surface area (Å²) in [6.45, 7) is 0. The molecule has 0 aliphatic carbocycles. The first-order valence-corrected chi connectivity index (χ1v) is 4.75. The zero-order chi connectivity index (χ0) is 11.5. The summed E-state index contributed by atoms with van der Waals surface area (Å²) in [5.41, 5.74) is 0. The minimum atomic E-state index is -4.85. The van der Waals surface area contributed by atoms with Gasteiger partial charge in [-0.15, -0.1) is 0 Å². The van der Waals surface area contributed by atoms with Crippen molar-refractivity contribution in [3.05, 3.63) is 0 Å². The summed E-state index contributed by atoms with van der Waals surface area (Å²) in [5.74, 6) is -3.16. The van der Waals surface area contributed by atoms with E-state index < -0.39 is 23.6 Å². The van der Waals surface area contributed by atoms with Crippen LogP contribution in [0.1, 0.15) is 6.42 Å². The van der Waals surface area contributed by atoms with Crippen molar-refractivity contribution in [2.45, 2.75) is 12.6 Å². The Kier molecular flexibility index (Phi) is 3.61. The Morgan fingerprint density at radius 2 is 2.20 bits per heavy atom. The highest BCUT2D eigenvalue weighted by molar-refractivity contribution is 8.14. The average molecular weight is 238 g/mol. The molecule has 0 N–H and O–H groups in total. The lowest BCUT2D eigenvalue weighted by atomic mass is 10.4. The third-order valence-electron chi connectivity index (χ3n) is 1.34. The molecule has 0 saturated carbocycles. The van der Waals surface area contributed by atoms with Crippen molar-refractivity contribution in [3.63, 3.8) is 0 Å². The quantitative estimate of drug-likeness (QED) is 0.726. The van der Waals surface area contributed by atoms with E-state index in [9.17, 15) is 22.8 Å². The molecule has 1 heterocycles. The fourth-order valence-corrected chi connectivity index (χ4v) is 1.40.